The minimum atomic E-state index is -0.942. The Morgan fingerprint density at radius 3 is 2.39 bits per heavy atom. The van der Waals surface area contributed by atoms with E-state index in [9.17, 15) is 19.5 Å². The van der Waals surface area contributed by atoms with Gasteiger partial charge in [-0.1, -0.05) is 80.1 Å². The first-order valence-electron chi connectivity index (χ1n) is 14.1. The Bertz CT molecular complexity index is 1400. The van der Waals surface area contributed by atoms with E-state index in [-0.39, 0.29) is 35.5 Å². The number of aliphatic hydroxyl groups is 1. The van der Waals surface area contributed by atoms with Gasteiger partial charge in [0.05, 0.1) is 29.2 Å². The molecule has 0 radical (unpaired) electrons. The Morgan fingerprint density at radius 2 is 1.71 bits per heavy atom. The molecule has 0 aromatic heterocycles. The van der Waals surface area contributed by atoms with E-state index in [2.05, 4.69) is 0 Å². The Balaban J connectivity index is 1.44. The van der Waals surface area contributed by atoms with Gasteiger partial charge in [0.2, 0.25) is 11.8 Å². The Labute approximate surface area is 249 Å². The molecule has 2 aromatic rings. The van der Waals surface area contributed by atoms with Gasteiger partial charge < -0.3 is 19.8 Å². The molecule has 2 aromatic carbocycles. The van der Waals surface area contributed by atoms with E-state index in [1.165, 1.54) is 0 Å². The van der Waals surface area contributed by atoms with Gasteiger partial charge in [0.15, 0.2) is 0 Å². The summed E-state index contributed by atoms with van der Waals surface area (Å²) < 4.78 is -0.942. The van der Waals surface area contributed by atoms with Crippen molar-refractivity contribution in [2.24, 2.45) is 17.8 Å². The molecule has 0 aliphatic carbocycles. The van der Waals surface area contributed by atoms with Crippen molar-refractivity contribution in [1.29, 1.82) is 0 Å². The first kappa shape index (κ1) is 28.1. The van der Waals surface area contributed by atoms with Crippen LogP contribution < -0.4 is 4.90 Å². The number of halogens is 1. The van der Waals surface area contributed by atoms with Gasteiger partial charge in [-0.05, 0) is 35.7 Å². The molecule has 41 heavy (non-hydrogen) atoms. The second-order valence-corrected chi connectivity index (χ2v) is 13.5. The summed E-state index contributed by atoms with van der Waals surface area (Å²) in [6.07, 6.45) is 8.02. The molecule has 4 aliphatic heterocycles. The minimum absolute atomic E-state index is 0.0723. The molecule has 1 N–H and O–H groups in total. The highest BCUT2D eigenvalue weighted by atomic mass is 35.5. The van der Waals surface area contributed by atoms with Gasteiger partial charge in [-0.15, -0.1) is 11.8 Å². The third-order valence-corrected chi connectivity index (χ3v) is 10.8. The number of nitrogens with zero attached hydrogens (tertiary/aromatic N) is 3. The summed E-state index contributed by atoms with van der Waals surface area (Å²) in [4.78, 5) is 48.5. The highest BCUT2D eigenvalue weighted by Gasteiger charge is 2.72. The molecule has 4 aliphatic rings. The fourth-order valence-corrected chi connectivity index (χ4v) is 9.02. The van der Waals surface area contributed by atoms with Gasteiger partial charge in [0.25, 0.3) is 5.91 Å². The SMILES string of the molecule is CC(C)[C@H](CO)N1C(=O)[C@@H]2[C@H]3C(=O)N(Cc4ccccc4)CC=C[C@H]3S[C@@]23C=CCN(c2ccc(Cl)cc2)C(=O)C13. The number of anilines is 1. The summed E-state index contributed by atoms with van der Waals surface area (Å²) in [6.45, 7) is 4.86. The largest absolute Gasteiger partial charge is 0.394 e. The Kier molecular flexibility index (Phi) is 7.51. The van der Waals surface area contributed by atoms with Crippen LogP contribution in [-0.4, -0.2) is 74.4 Å². The number of rotatable bonds is 6. The van der Waals surface area contributed by atoms with Crippen LogP contribution in [0.25, 0.3) is 0 Å². The van der Waals surface area contributed by atoms with Crippen LogP contribution in [0.5, 0.6) is 0 Å². The first-order valence-corrected chi connectivity index (χ1v) is 15.4. The maximum atomic E-state index is 14.6. The fraction of sp³-hybridized carbons (Fsp3) is 0.406. The van der Waals surface area contributed by atoms with Crippen LogP contribution in [0.2, 0.25) is 5.02 Å². The van der Waals surface area contributed by atoms with Crippen LogP contribution >= 0.6 is 23.4 Å². The number of hydrogen-bond acceptors (Lipinski definition) is 5. The average molecular weight is 592 g/mol. The number of benzene rings is 2. The molecule has 9 heteroatoms. The lowest BCUT2D eigenvalue weighted by atomic mass is 9.78. The van der Waals surface area contributed by atoms with E-state index in [0.717, 1.165) is 5.56 Å². The number of amides is 3. The summed E-state index contributed by atoms with van der Waals surface area (Å²) in [5.41, 5.74) is 1.71. The normalized spacial score (nSPS) is 29.9. The zero-order valence-electron chi connectivity index (χ0n) is 23.1. The van der Waals surface area contributed by atoms with Gasteiger partial charge in [-0.25, -0.2) is 0 Å². The van der Waals surface area contributed by atoms with Crippen molar-refractivity contribution >= 4 is 46.8 Å². The topological polar surface area (TPSA) is 81.2 Å². The molecule has 2 saturated heterocycles. The predicted octanol–water partition coefficient (Wildman–Crippen LogP) is 4.16. The van der Waals surface area contributed by atoms with Crippen molar-refractivity contribution in [1.82, 2.24) is 9.80 Å². The quantitative estimate of drug-likeness (QED) is 0.511. The van der Waals surface area contributed by atoms with E-state index in [0.29, 0.717) is 30.3 Å². The zero-order valence-corrected chi connectivity index (χ0v) is 24.7. The lowest BCUT2D eigenvalue weighted by Gasteiger charge is -2.39. The number of likely N-dealkylation sites (tertiary alicyclic amines) is 1. The van der Waals surface area contributed by atoms with E-state index < -0.39 is 28.7 Å². The number of fused-ring (bicyclic) bond motifs is 2. The Morgan fingerprint density at radius 1 is 0.976 bits per heavy atom. The van der Waals surface area contributed by atoms with Gasteiger partial charge in [0, 0.05) is 35.6 Å². The maximum absolute atomic E-state index is 14.6. The van der Waals surface area contributed by atoms with E-state index in [1.54, 1.807) is 45.8 Å². The maximum Gasteiger partial charge on any atom is 0.251 e. The van der Waals surface area contributed by atoms with Crippen LogP contribution in [-0.2, 0) is 20.9 Å². The zero-order chi connectivity index (χ0) is 28.9. The van der Waals surface area contributed by atoms with Crippen molar-refractivity contribution in [2.75, 3.05) is 24.6 Å². The standard InChI is InChI=1S/C32H34ClN3O4S/c1-20(2)24(19-37)36-28-31(40)35(23-13-11-22(33)12-14-23)17-7-15-32(28)27(30(36)39)26-25(41-32)10-6-16-34(29(26)38)18-21-8-4-3-5-9-21/h3-15,20,24-28,37H,16-19H2,1-2H3/t24-,25+,26-,27-,28?,32-/m0/s1. The second kappa shape index (κ2) is 11.0. The van der Waals surface area contributed by atoms with Gasteiger partial charge in [-0.3, -0.25) is 14.4 Å². The van der Waals surface area contributed by atoms with Crippen molar-refractivity contribution in [3.05, 3.63) is 89.5 Å². The second-order valence-electron chi connectivity index (χ2n) is 11.5. The number of aliphatic hydroxyl groups excluding tert-OH is 1. The number of thioether (sulfide) groups is 1. The highest BCUT2D eigenvalue weighted by Crippen LogP contribution is 2.61. The van der Waals surface area contributed by atoms with Crippen molar-refractivity contribution < 1.29 is 19.5 Å². The first-order chi connectivity index (χ1) is 19.8. The van der Waals surface area contributed by atoms with E-state index in [1.807, 2.05) is 73.4 Å². The van der Waals surface area contributed by atoms with Crippen molar-refractivity contribution in [3.63, 3.8) is 0 Å². The molecule has 6 atom stereocenters. The molecule has 0 saturated carbocycles. The monoisotopic (exact) mass is 591 g/mol. The van der Waals surface area contributed by atoms with Crippen molar-refractivity contribution in [2.45, 2.75) is 42.5 Å². The smallest absolute Gasteiger partial charge is 0.251 e. The molecule has 6 rings (SSSR count). The number of carbonyl (C=O) groups is 3. The third-order valence-electron chi connectivity index (χ3n) is 8.85. The molecular formula is C32H34ClN3O4S. The molecule has 1 spiro atoms. The summed E-state index contributed by atoms with van der Waals surface area (Å²) in [5, 5.41) is 10.8. The molecule has 214 valence electrons. The molecule has 0 bridgehead atoms. The van der Waals surface area contributed by atoms with Gasteiger partial charge >= 0.3 is 0 Å². The molecular weight excluding hydrogens is 558 g/mol. The molecule has 4 heterocycles. The van der Waals surface area contributed by atoms with Crippen LogP contribution in [0.3, 0.4) is 0 Å². The minimum Gasteiger partial charge on any atom is -0.394 e. The van der Waals surface area contributed by atoms with E-state index >= 15 is 0 Å². The average Bonchev–Trinajstić information content (AvgIpc) is 3.28. The molecule has 7 nitrogen and oxygen atoms in total. The summed E-state index contributed by atoms with van der Waals surface area (Å²) in [6, 6.07) is 15.5. The summed E-state index contributed by atoms with van der Waals surface area (Å²) in [5.74, 6) is -1.96. The number of hydrogen-bond donors (Lipinski definition) is 1. The van der Waals surface area contributed by atoms with Crippen LogP contribution in [0.4, 0.5) is 5.69 Å². The fourth-order valence-electron chi connectivity index (χ4n) is 6.90. The summed E-state index contributed by atoms with van der Waals surface area (Å²) >= 11 is 7.69. The predicted molar refractivity (Wildman–Crippen MR) is 161 cm³/mol. The van der Waals surface area contributed by atoms with E-state index in [4.69, 9.17) is 11.6 Å². The van der Waals surface area contributed by atoms with Gasteiger partial charge in [0.1, 0.15) is 6.04 Å². The Hall–Kier alpha value is -3.07. The lowest BCUT2D eigenvalue weighted by Crippen LogP contribution is -2.57. The third kappa shape index (κ3) is 4.60. The van der Waals surface area contributed by atoms with Crippen molar-refractivity contribution in [3.8, 4) is 0 Å². The summed E-state index contributed by atoms with van der Waals surface area (Å²) in [7, 11) is 0. The lowest BCUT2D eigenvalue weighted by molar-refractivity contribution is -0.145. The van der Waals surface area contributed by atoms with Gasteiger partial charge in [-0.2, -0.15) is 0 Å². The highest BCUT2D eigenvalue weighted by molar-refractivity contribution is 8.02. The van der Waals surface area contributed by atoms with Crippen LogP contribution in [0.15, 0.2) is 78.9 Å². The molecule has 2 fully saturated rings. The molecule has 1 unspecified atom stereocenters. The molecule has 3 amide bonds. The van der Waals surface area contributed by atoms with Crippen LogP contribution in [0, 0.1) is 17.8 Å². The van der Waals surface area contributed by atoms with Crippen LogP contribution in [0.1, 0.15) is 19.4 Å². The number of carbonyl (C=O) groups excluding carboxylic acids is 3.